The van der Waals surface area contributed by atoms with Crippen LogP contribution in [-0.4, -0.2) is 47.8 Å². The zero-order valence-electron chi connectivity index (χ0n) is 20.8. The van der Waals surface area contributed by atoms with Gasteiger partial charge in [0.1, 0.15) is 17.9 Å². The van der Waals surface area contributed by atoms with Gasteiger partial charge in [0, 0.05) is 42.6 Å². The summed E-state index contributed by atoms with van der Waals surface area (Å²) in [7, 11) is 0. The van der Waals surface area contributed by atoms with E-state index >= 15 is 0 Å². The SMILES string of the molecule is CC1(C)[C@H](NC(=O)/C(N)=C/C=C(\N)N2CCC(CO)CC2)C(C)(C)[C@H]1Oc1ccc(C#N)c(Cl)c1. The van der Waals surface area contributed by atoms with Crippen LogP contribution in [0.25, 0.3) is 0 Å². The Morgan fingerprint density at radius 1 is 1.26 bits per heavy atom. The van der Waals surface area contributed by atoms with Gasteiger partial charge in [0.25, 0.3) is 5.91 Å². The number of nitrogens with one attached hydrogen (secondary N) is 1. The summed E-state index contributed by atoms with van der Waals surface area (Å²) >= 11 is 6.16. The van der Waals surface area contributed by atoms with Crippen molar-refractivity contribution in [2.45, 2.75) is 52.7 Å². The number of carbonyl (C=O) groups is 1. The molecule has 0 spiro atoms. The Hall–Kier alpha value is -2.89. The number of amides is 1. The number of hydrogen-bond acceptors (Lipinski definition) is 7. The molecule has 1 amide bonds. The second-order valence-corrected chi connectivity index (χ2v) is 11.0. The van der Waals surface area contributed by atoms with E-state index in [-0.39, 0.29) is 41.2 Å². The standard InChI is InChI=1S/C26H36ClN5O3/c1-25(2)23(26(3,4)24(25)35-18-6-5-17(14-28)19(27)13-18)31-22(34)20(29)7-8-21(30)32-11-9-16(15-33)10-12-32/h5-8,13,16,23-24,33H,9-12,15,29-30H2,1-4H3,(H,31,34)/b20-7-,21-8+/t23-,24-. The minimum Gasteiger partial charge on any atom is -0.489 e. The Kier molecular flexibility index (Phi) is 7.93. The average molecular weight is 502 g/mol. The van der Waals surface area contributed by atoms with E-state index in [0.29, 0.717) is 28.1 Å². The molecule has 1 aliphatic carbocycles. The van der Waals surface area contributed by atoms with Crippen LogP contribution < -0.4 is 21.5 Å². The van der Waals surface area contributed by atoms with Gasteiger partial charge in [-0.05, 0) is 43.0 Å². The summed E-state index contributed by atoms with van der Waals surface area (Å²) in [5.41, 5.74) is 12.0. The molecule has 35 heavy (non-hydrogen) atoms. The predicted molar refractivity (Wildman–Crippen MR) is 136 cm³/mol. The van der Waals surface area contributed by atoms with E-state index in [0.717, 1.165) is 25.9 Å². The largest absolute Gasteiger partial charge is 0.489 e. The first-order valence-corrected chi connectivity index (χ1v) is 12.3. The first-order chi connectivity index (χ1) is 16.4. The number of ether oxygens (including phenoxy) is 1. The molecule has 0 atom stereocenters. The molecule has 9 heteroatoms. The van der Waals surface area contributed by atoms with Crippen LogP contribution in [0.4, 0.5) is 0 Å². The van der Waals surface area contributed by atoms with Crippen molar-refractivity contribution in [3.63, 3.8) is 0 Å². The second-order valence-electron chi connectivity index (χ2n) is 10.6. The maximum Gasteiger partial charge on any atom is 0.267 e. The van der Waals surface area contributed by atoms with Crippen LogP contribution >= 0.6 is 11.6 Å². The molecule has 1 aromatic carbocycles. The molecule has 1 aliphatic heterocycles. The van der Waals surface area contributed by atoms with Crippen LogP contribution in [0.3, 0.4) is 0 Å². The highest BCUT2D eigenvalue weighted by Gasteiger charge is 2.64. The molecule has 2 aliphatic rings. The van der Waals surface area contributed by atoms with Crippen molar-refractivity contribution in [1.82, 2.24) is 10.2 Å². The van der Waals surface area contributed by atoms with Gasteiger partial charge in [0.05, 0.1) is 22.1 Å². The van der Waals surface area contributed by atoms with Crippen LogP contribution in [0.1, 0.15) is 46.1 Å². The molecular formula is C26H36ClN5O3. The molecule has 3 rings (SSSR count). The van der Waals surface area contributed by atoms with Gasteiger partial charge in [0.15, 0.2) is 0 Å². The number of piperidine rings is 1. The Balaban J connectivity index is 1.63. The number of carbonyl (C=O) groups excluding carboxylic acids is 1. The van der Waals surface area contributed by atoms with Crippen molar-refractivity contribution >= 4 is 17.5 Å². The number of nitrogens with two attached hydrogens (primary N) is 2. The molecule has 0 bridgehead atoms. The normalized spacial score (nSPS) is 24.3. The highest BCUT2D eigenvalue weighted by molar-refractivity contribution is 6.31. The molecule has 0 aromatic heterocycles. The third-order valence-electron chi connectivity index (χ3n) is 7.36. The number of likely N-dealkylation sites (tertiary alicyclic amines) is 1. The number of benzene rings is 1. The lowest BCUT2D eigenvalue weighted by atomic mass is 9.49. The Morgan fingerprint density at radius 3 is 2.43 bits per heavy atom. The lowest BCUT2D eigenvalue weighted by Crippen LogP contribution is -2.74. The topological polar surface area (TPSA) is 138 Å². The van der Waals surface area contributed by atoms with E-state index in [1.807, 2.05) is 38.7 Å². The number of aliphatic hydroxyl groups is 1. The van der Waals surface area contributed by atoms with Crippen LogP contribution in [-0.2, 0) is 4.79 Å². The molecule has 0 unspecified atom stereocenters. The third-order valence-corrected chi connectivity index (χ3v) is 7.68. The Morgan fingerprint density at radius 2 is 1.89 bits per heavy atom. The Labute approximate surface area is 212 Å². The summed E-state index contributed by atoms with van der Waals surface area (Å²) in [6.07, 6.45) is 4.76. The van der Waals surface area contributed by atoms with Crippen LogP contribution in [0, 0.1) is 28.1 Å². The molecule has 1 saturated carbocycles. The number of aliphatic hydroxyl groups excluding tert-OH is 1. The summed E-state index contributed by atoms with van der Waals surface area (Å²) in [4.78, 5) is 14.9. The molecule has 1 aromatic rings. The fourth-order valence-corrected chi connectivity index (χ4v) is 5.75. The summed E-state index contributed by atoms with van der Waals surface area (Å²) in [6.45, 7) is 9.87. The lowest BCUT2D eigenvalue weighted by Gasteiger charge is -2.63. The van der Waals surface area contributed by atoms with Crippen molar-refractivity contribution in [1.29, 1.82) is 5.26 Å². The molecular weight excluding hydrogens is 466 g/mol. The van der Waals surface area contributed by atoms with Gasteiger partial charge in [-0.1, -0.05) is 39.3 Å². The minimum atomic E-state index is -0.383. The first-order valence-electron chi connectivity index (χ1n) is 11.9. The summed E-state index contributed by atoms with van der Waals surface area (Å²) in [5.74, 6) is 1.09. The van der Waals surface area contributed by atoms with E-state index in [2.05, 4.69) is 5.32 Å². The van der Waals surface area contributed by atoms with E-state index in [4.69, 9.17) is 33.1 Å². The fraction of sp³-hybridized carbons (Fsp3) is 0.538. The second kappa shape index (κ2) is 10.4. The number of nitrogens with zero attached hydrogens (tertiary/aromatic N) is 2. The molecule has 1 heterocycles. The van der Waals surface area contributed by atoms with E-state index in [1.165, 1.54) is 6.08 Å². The average Bonchev–Trinajstić information content (AvgIpc) is 2.83. The van der Waals surface area contributed by atoms with Crippen molar-refractivity contribution < 1.29 is 14.6 Å². The first kappa shape index (κ1) is 26.7. The van der Waals surface area contributed by atoms with Crippen molar-refractivity contribution in [3.05, 3.63) is 52.5 Å². The molecule has 2 fully saturated rings. The van der Waals surface area contributed by atoms with Crippen molar-refractivity contribution in [2.75, 3.05) is 19.7 Å². The van der Waals surface area contributed by atoms with Gasteiger partial charge >= 0.3 is 0 Å². The van der Waals surface area contributed by atoms with E-state index < -0.39 is 0 Å². The lowest BCUT2D eigenvalue weighted by molar-refractivity contribution is -0.172. The van der Waals surface area contributed by atoms with Gasteiger partial charge in [-0.3, -0.25) is 4.79 Å². The summed E-state index contributed by atoms with van der Waals surface area (Å²) in [5, 5.41) is 21.8. The highest BCUT2D eigenvalue weighted by Crippen LogP contribution is 2.55. The summed E-state index contributed by atoms with van der Waals surface area (Å²) in [6, 6.07) is 6.86. The maximum atomic E-state index is 12.9. The van der Waals surface area contributed by atoms with E-state index in [1.54, 1.807) is 24.3 Å². The number of rotatable bonds is 7. The Bertz CT molecular complexity index is 1040. The van der Waals surface area contributed by atoms with Gasteiger partial charge in [-0.25, -0.2) is 0 Å². The predicted octanol–water partition coefficient (Wildman–Crippen LogP) is 2.86. The number of hydrogen-bond donors (Lipinski definition) is 4. The maximum absolute atomic E-state index is 12.9. The van der Waals surface area contributed by atoms with Crippen molar-refractivity contribution in [3.8, 4) is 11.8 Å². The third kappa shape index (κ3) is 5.52. The van der Waals surface area contributed by atoms with Gasteiger partial charge in [-0.2, -0.15) is 5.26 Å². The molecule has 8 nitrogen and oxygen atoms in total. The number of nitriles is 1. The smallest absolute Gasteiger partial charge is 0.267 e. The molecule has 0 radical (unpaired) electrons. The van der Waals surface area contributed by atoms with Gasteiger partial charge in [0.2, 0.25) is 0 Å². The molecule has 190 valence electrons. The zero-order chi connectivity index (χ0) is 26.0. The minimum absolute atomic E-state index is 0.0769. The highest BCUT2D eigenvalue weighted by atomic mass is 35.5. The monoisotopic (exact) mass is 501 g/mol. The zero-order valence-corrected chi connectivity index (χ0v) is 21.6. The van der Waals surface area contributed by atoms with Crippen LogP contribution in [0.5, 0.6) is 5.75 Å². The van der Waals surface area contributed by atoms with E-state index in [9.17, 15) is 9.90 Å². The number of allylic oxidation sites excluding steroid dienone is 2. The number of halogens is 1. The molecule has 1 saturated heterocycles. The summed E-state index contributed by atoms with van der Waals surface area (Å²) < 4.78 is 6.26. The quantitative estimate of drug-likeness (QED) is 0.333. The van der Waals surface area contributed by atoms with Crippen LogP contribution in [0.15, 0.2) is 41.9 Å². The van der Waals surface area contributed by atoms with Gasteiger partial charge < -0.3 is 31.5 Å². The van der Waals surface area contributed by atoms with Crippen molar-refractivity contribution in [2.24, 2.45) is 28.2 Å². The molecule has 6 N–H and O–H groups in total. The van der Waals surface area contributed by atoms with Crippen LogP contribution in [0.2, 0.25) is 5.02 Å². The van der Waals surface area contributed by atoms with Gasteiger partial charge in [-0.15, -0.1) is 0 Å². The fourth-order valence-electron chi connectivity index (χ4n) is 5.54.